The molecule has 0 aromatic heterocycles. The third-order valence-electron chi connectivity index (χ3n) is 9.34. The Hall–Kier alpha value is -3.19. The van der Waals surface area contributed by atoms with Crippen LogP contribution >= 0.6 is 0 Å². The number of Topliss-reactive ketones (excluding diaryl/α,β-unsaturated/α-hetero) is 3. The number of aliphatic hydroxyl groups is 3. The largest absolute Gasteiger partial charge is 0.508 e. The highest BCUT2D eigenvalue weighted by Crippen LogP contribution is 2.65. The molecule has 4 aliphatic carbocycles. The van der Waals surface area contributed by atoms with Gasteiger partial charge in [0, 0.05) is 28.2 Å². The van der Waals surface area contributed by atoms with Crippen molar-refractivity contribution < 1.29 is 34.8 Å². The molecule has 37 heavy (non-hydrogen) atoms. The Balaban J connectivity index is 1.81. The average molecular weight is 507 g/mol. The first-order chi connectivity index (χ1) is 17.2. The summed E-state index contributed by atoms with van der Waals surface area (Å²) in [6, 6.07) is 3.36. The topological polar surface area (TPSA) is 132 Å². The van der Waals surface area contributed by atoms with E-state index in [0.29, 0.717) is 6.42 Å². The van der Waals surface area contributed by atoms with E-state index in [1.54, 1.807) is 20.8 Å². The molecular weight excluding hydrogens is 472 g/mol. The Morgan fingerprint density at radius 2 is 1.78 bits per heavy atom. The van der Waals surface area contributed by atoms with Crippen molar-refractivity contribution in [3.8, 4) is 5.75 Å². The molecule has 0 spiro atoms. The summed E-state index contributed by atoms with van der Waals surface area (Å²) in [5, 5.41) is 45.6. The molecule has 4 N–H and O–H groups in total. The molecule has 1 aromatic carbocycles. The summed E-state index contributed by atoms with van der Waals surface area (Å²) in [5.74, 6) is -4.95. The van der Waals surface area contributed by atoms with Gasteiger partial charge in [0.25, 0.3) is 0 Å². The second kappa shape index (κ2) is 7.90. The van der Waals surface area contributed by atoms with Gasteiger partial charge in [-0.3, -0.25) is 14.4 Å². The standard InChI is InChI=1S/C30H34O7/c1-14(2)22-24(33)20(15(3)31)26(35)30(37)27(36)23-25(34)21-18(12-28(23,4)13-29(22,30)5)17(10-11-19(21)32)16-8-6-7-9-16/h6,8,10-11,14,16,22,32,34-35,37H,7,9,12-13H2,1-5H3/t16?,22?,28-,29-,30+/m1/s1. The second-order valence-corrected chi connectivity index (χ2v) is 12.1. The number of aromatic hydroxyl groups is 1. The van der Waals surface area contributed by atoms with Gasteiger partial charge in [-0.25, -0.2) is 0 Å². The molecule has 0 radical (unpaired) electrons. The van der Waals surface area contributed by atoms with Gasteiger partial charge in [0.1, 0.15) is 22.8 Å². The number of ketones is 3. The van der Waals surface area contributed by atoms with E-state index in [0.717, 1.165) is 30.9 Å². The van der Waals surface area contributed by atoms with Crippen LogP contribution in [0.1, 0.15) is 76.5 Å². The van der Waals surface area contributed by atoms with Crippen molar-refractivity contribution >= 4 is 23.1 Å². The molecular formula is C30H34O7. The monoisotopic (exact) mass is 506 g/mol. The van der Waals surface area contributed by atoms with Crippen molar-refractivity contribution in [3.63, 3.8) is 0 Å². The van der Waals surface area contributed by atoms with Gasteiger partial charge in [-0.15, -0.1) is 0 Å². The van der Waals surface area contributed by atoms with Crippen LogP contribution in [-0.4, -0.2) is 43.4 Å². The highest BCUT2D eigenvalue weighted by atomic mass is 16.3. The van der Waals surface area contributed by atoms with Crippen molar-refractivity contribution in [2.75, 3.05) is 0 Å². The summed E-state index contributed by atoms with van der Waals surface area (Å²) in [6.07, 6.45) is 6.44. The summed E-state index contributed by atoms with van der Waals surface area (Å²) in [5.41, 5.74) is -3.82. The van der Waals surface area contributed by atoms with E-state index in [1.165, 1.54) is 6.07 Å². The van der Waals surface area contributed by atoms with E-state index in [2.05, 4.69) is 12.2 Å². The van der Waals surface area contributed by atoms with Gasteiger partial charge in [-0.1, -0.05) is 45.9 Å². The molecule has 0 saturated heterocycles. The number of aliphatic hydroxyl groups excluding tert-OH is 2. The lowest BCUT2D eigenvalue weighted by molar-refractivity contribution is -0.178. The third kappa shape index (κ3) is 3.06. The molecule has 4 aliphatic rings. The van der Waals surface area contributed by atoms with E-state index < -0.39 is 56.8 Å². The van der Waals surface area contributed by atoms with Crippen LogP contribution in [0.25, 0.3) is 5.76 Å². The van der Waals surface area contributed by atoms with Crippen LogP contribution < -0.4 is 0 Å². The van der Waals surface area contributed by atoms with Crippen molar-refractivity contribution in [1.82, 2.24) is 0 Å². The van der Waals surface area contributed by atoms with E-state index in [9.17, 15) is 34.8 Å². The maximum absolute atomic E-state index is 14.3. The zero-order valence-corrected chi connectivity index (χ0v) is 21.9. The highest BCUT2D eigenvalue weighted by Gasteiger charge is 2.72. The average Bonchev–Trinajstić information content (AvgIpc) is 3.30. The van der Waals surface area contributed by atoms with Gasteiger partial charge >= 0.3 is 0 Å². The van der Waals surface area contributed by atoms with Gasteiger partial charge in [-0.2, -0.15) is 0 Å². The SMILES string of the molecule is CC(=O)C1=C(O)[C@]2(O)C(=O)C3=C(O)c4c(O)ccc(C5C=CCC5)c4C[C@]3(C)C[C@]2(C)C(C(C)C)C1=O. The first kappa shape index (κ1) is 25.5. The van der Waals surface area contributed by atoms with E-state index in [4.69, 9.17) is 0 Å². The lowest BCUT2D eigenvalue weighted by atomic mass is 9.43. The van der Waals surface area contributed by atoms with E-state index >= 15 is 0 Å². The molecule has 7 heteroatoms. The lowest BCUT2D eigenvalue weighted by Gasteiger charge is -2.59. The van der Waals surface area contributed by atoms with E-state index in [1.807, 2.05) is 13.0 Å². The number of carbonyl (C=O) groups is 3. The molecule has 1 fully saturated rings. The summed E-state index contributed by atoms with van der Waals surface area (Å²) in [4.78, 5) is 40.3. The Morgan fingerprint density at radius 1 is 1.11 bits per heavy atom. The molecule has 2 unspecified atom stereocenters. The Kier molecular flexibility index (Phi) is 5.44. The summed E-state index contributed by atoms with van der Waals surface area (Å²) in [6.45, 7) is 8.16. The molecule has 5 atom stereocenters. The van der Waals surface area contributed by atoms with Crippen molar-refractivity contribution in [1.29, 1.82) is 0 Å². The molecule has 0 aliphatic heterocycles. The van der Waals surface area contributed by atoms with Gasteiger partial charge in [0.15, 0.2) is 17.2 Å². The predicted molar refractivity (Wildman–Crippen MR) is 137 cm³/mol. The maximum Gasteiger partial charge on any atom is 0.203 e. The number of phenolic OH excluding ortho intramolecular Hbond substituents is 1. The maximum atomic E-state index is 14.3. The Labute approximate surface area is 216 Å². The quantitative estimate of drug-likeness (QED) is 0.347. The van der Waals surface area contributed by atoms with Crippen LogP contribution in [0.5, 0.6) is 5.75 Å². The number of hydrogen-bond donors (Lipinski definition) is 4. The number of rotatable bonds is 3. The van der Waals surface area contributed by atoms with Crippen LogP contribution in [0, 0.1) is 22.7 Å². The molecule has 1 saturated carbocycles. The minimum Gasteiger partial charge on any atom is -0.508 e. The first-order valence-electron chi connectivity index (χ1n) is 12.9. The summed E-state index contributed by atoms with van der Waals surface area (Å²) >= 11 is 0. The number of carbonyl (C=O) groups excluding carboxylic acids is 3. The zero-order chi connectivity index (χ0) is 27.2. The first-order valence-corrected chi connectivity index (χ1v) is 12.9. The van der Waals surface area contributed by atoms with Crippen LogP contribution in [-0.2, 0) is 20.8 Å². The third-order valence-corrected chi connectivity index (χ3v) is 9.34. The van der Waals surface area contributed by atoms with Gasteiger partial charge in [0.05, 0.1) is 5.56 Å². The summed E-state index contributed by atoms with van der Waals surface area (Å²) < 4.78 is 0. The molecule has 1 aromatic rings. The second-order valence-electron chi connectivity index (χ2n) is 12.1. The zero-order valence-electron chi connectivity index (χ0n) is 21.9. The van der Waals surface area contributed by atoms with Gasteiger partial charge < -0.3 is 20.4 Å². The molecule has 5 rings (SSSR count). The molecule has 0 heterocycles. The smallest absolute Gasteiger partial charge is 0.203 e. The summed E-state index contributed by atoms with van der Waals surface area (Å²) in [7, 11) is 0. The molecule has 0 bridgehead atoms. The Morgan fingerprint density at radius 3 is 2.35 bits per heavy atom. The van der Waals surface area contributed by atoms with Gasteiger partial charge in [0.2, 0.25) is 5.78 Å². The van der Waals surface area contributed by atoms with Gasteiger partial charge in [-0.05, 0) is 55.7 Å². The fraction of sp³-hybridized carbons (Fsp3) is 0.500. The fourth-order valence-electron chi connectivity index (χ4n) is 7.98. The number of allylic oxidation sites excluding steroid dienone is 3. The van der Waals surface area contributed by atoms with Crippen molar-refractivity contribution in [3.05, 3.63) is 57.9 Å². The van der Waals surface area contributed by atoms with Crippen LogP contribution in [0.15, 0.2) is 41.2 Å². The fourth-order valence-corrected chi connectivity index (χ4v) is 7.98. The minimum atomic E-state index is -2.58. The Bertz CT molecular complexity index is 1360. The number of benzene rings is 1. The number of hydrogen-bond acceptors (Lipinski definition) is 7. The van der Waals surface area contributed by atoms with Crippen molar-refractivity contribution in [2.45, 2.75) is 71.8 Å². The lowest BCUT2D eigenvalue weighted by Crippen LogP contribution is -2.69. The molecule has 7 nitrogen and oxygen atoms in total. The van der Waals surface area contributed by atoms with Crippen LogP contribution in [0.2, 0.25) is 0 Å². The number of fused-ring (bicyclic) bond motifs is 3. The predicted octanol–water partition coefficient (Wildman–Crippen LogP) is 4.62. The van der Waals surface area contributed by atoms with Crippen LogP contribution in [0.3, 0.4) is 0 Å². The number of phenols is 1. The highest BCUT2D eigenvalue weighted by molar-refractivity contribution is 6.24. The molecule has 196 valence electrons. The minimum absolute atomic E-state index is 0.0966. The van der Waals surface area contributed by atoms with Crippen LogP contribution in [0.4, 0.5) is 0 Å². The normalized spacial score (nSPS) is 35.1. The molecule has 0 amide bonds. The van der Waals surface area contributed by atoms with E-state index in [-0.39, 0.29) is 35.1 Å². The van der Waals surface area contributed by atoms with Crippen molar-refractivity contribution in [2.24, 2.45) is 22.7 Å².